The third-order valence-corrected chi connectivity index (χ3v) is 5.75. The number of hydrogen-bond donors (Lipinski definition) is 1. The fourth-order valence-corrected chi connectivity index (χ4v) is 4.03. The molecule has 0 fully saturated rings. The standard InChI is InChI=1S/C19H19FN4OS2/c1-24(12-15-8-5-9-16(20)10-15)17(25)13-26-19-23-22-18(27-19)21-11-14-6-3-2-4-7-14/h2-10H,11-13H2,1H3,(H,21,22). The number of benzene rings is 2. The van der Waals surface area contributed by atoms with Crippen LogP contribution in [-0.4, -0.2) is 33.8 Å². The Labute approximate surface area is 165 Å². The molecule has 0 bridgehead atoms. The van der Waals surface area contributed by atoms with Gasteiger partial charge < -0.3 is 10.2 Å². The van der Waals surface area contributed by atoms with Crippen LogP contribution in [-0.2, 0) is 17.9 Å². The zero-order valence-electron chi connectivity index (χ0n) is 14.8. The molecule has 0 atom stereocenters. The van der Waals surface area contributed by atoms with Crippen molar-refractivity contribution < 1.29 is 9.18 Å². The van der Waals surface area contributed by atoms with Crippen molar-refractivity contribution in [3.05, 3.63) is 71.5 Å². The van der Waals surface area contributed by atoms with Crippen molar-refractivity contribution in [2.24, 2.45) is 0 Å². The van der Waals surface area contributed by atoms with E-state index in [1.165, 1.54) is 35.2 Å². The summed E-state index contributed by atoms with van der Waals surface area (Å²) < 4.78 is 14.0. The number of carbonyl (C=O) groups is 1. The van der Waals surface area contributed by atoms with E-state index >= 15 is 0 Å². The van der Waals surface area contributed by atoms with E-state index < -0.39 is 0 Å². The molecule has 0 saturated heterocycles. The van der Waals surface area contributed by atoms with E-state index in [1.54, 1.807) is 24.1 Å². The minimum absolute atomic E-state index is 0.0433. The van der Waals surface area contributed by atoms with E-state index in [0.717, 1.165) is 20.6 Å². The lowest BCUT2D eigenvalue weighted by molar-refractivity contribution is -0.127. The lowest BCUT2D eigenvalue weighted by atomic mass is 10.2. The Morgan fingerprint density at radius 2 is 1.93 bits per heavy atom. The number of halogens is 1. The second kappa shape index (κ2) is 9.48. The Morgan fingerprint density at radius 1 is 1.15 bits per heavy atom. The lowest BCUT2D eigenvalue weighted by Crippen LogP contribution is -2.27. The van der Waals surface area contributed by atoms with E-state index in [-0.39, 0.29) is 17.5 Å². The summed E-state index contributed by atoms with van der Waals surface area (Å²) >= 11 is 2.77. The van der Waals surface area contributed by atoms with E-state index in [1.807, 2.05) is 30.3 Å². The van der Waals surface area contributed by atoms with Gasteiger partial charge in [-0.15, -0.1) is 10.2 Å². The third kappa shape index (κ3) is 6.04. The number of anilines is 1. The molecule has 0 saturated carbocycles. The predicted octanol–water partition coefficient (Wildman–Crippen LogP) is 4.04. The Kier molecular flexibility index (Phi) is 6.78. The minimum atomic E-state index is -0.299. The highest BCUT2D eigenvalue weighted by Crippen LogP contribution is 2.26. The van der Waals surface area contributed by atoms with Gasteiger partial charge in [-0.3, -0.25) is 4.79 Å². The molecule has 2 aromatic carbocycles. The number of nitrogens with zero attached hydrogens (tertiary/aromatic N) is 3. The van der Waals surface area contributed by atoms with Crippen LogP contribution in [0, 0.1) is 5.82 Å². The normalized spacial score (nSPS) is 10.6. The van der Waals surface area contributed by atoms with Gasteiger partial charge in [-0.1, -0.05) is 65.6 Å². The van der Waals surface area contributed by atoms with Crippen LogP contribution in [0.1, 0.15) is 11.1 Å². The van der Waals surface area contributed by atoms with Gasteiger partial charge in [0.25, 0.3) is 0 Å². The van der Waals surface area contributed by atoms with Crippen LogP contribution in [0.5, 0.6) is 0 Å². The van der Waals surface area contributed by atoms with Crippen molar-refractivity contribution >= 4 is 34.1 Å². The van der Waals surface area contributed by atoms with E-state index in [4.69, 9.17) is 0 Å². The Hall–Kier alpha value is -2.45. The van der Waals surface area contributed by atoms with Crippen molar-refractivity contribution in [3.63, 3.8) is 0 Å². The maximum atomic E-state index is 13.2. The first-order valence-corrected chi connectivity index (χ1v) is 10.1. The van der Waals surface area contributed by atoms with Gasteiger partial charge in [0.1, 0.15) is 5.82 Å². The molecule has 3 rings (SSSR count). The average Bonchev–Trinajstić information content (AvgIpc) is 3.13. The molecule has 0 aliphatic heterocycles. The topological polar surface area (TPSA) is 58.1 Å². The third-order valence-electron chi connectivity index (χ3n) is 3.75. The van der Waals surface area contributed by atoms with Gasteiger partial charge in [0.05, 0.1) is 5.75 Å². The summed E-state index contributed by atoms with van der Waals surface area (Å²) in [5.74, 6) is -0.0792. The van der Waals surface area contributed by atoms with Crippen LogP contribution >= 0.6 is 23.1 Å². The fourth-order valence-electron chi connectivity index (χ4n) is 2.34. The molecule has 1 N–H and O–H groups in total. The number of hydrogen-bond acceptors (Lipinski definition) is 6. The van der Waals surface area contributed by atoms with Crippen LogP contribution in [0.2, 0.25) is 0 Å². The smallest absolute Gasteiger partial charge is 0.233 e. The molecule has 3 aromatic rings. The van der Waals surface area contributed by atoms with Gasteiger partial charge in [-0.05, 0) is 23.3 Å². The molecule has 0 aliphatic rings. The van der Waals surface area contributed by atoms with Crippen molar-refractivity contribution in [2.75, 3.05) is 18.1 Å². The quantitative estimate of drug-likeness (QED) is 0.576. The first-order valence-electron chi connectivity index (χ1n) is 8.32. The molecule has 5 nitrogen and oxygen atoms in total. The highest BCUT2D eigenvalue weighted by Gasteiger charge is 2.12. The molecule has 140 valence electrons. The molecule has 8 heteroatoms. The van der Waals surface area contributed by atoms with Crippen molar-refractivity contribution in [2.45, 2.75) is 17.4 Å². The maximum Gasteiger partial charge on any atom is 0.233 e. The molecule has 0 radical (unpaired) electrons. The van der Waals surface area contributed by atoms with Crippen LogP contribution in [0.3, 0.4) is 0 Å². The SMILES string of the molecule is CN(Cc1cccc(F)c1)C(=O)CSc1nnc(NCc2ccccc2)s1. The monoisotopic (exact) mass is 402 g/mol. The second-order valence-electron chi connectivity index (χ2n) is 5.88. The predicted molar refractivity (Wildman–Crippen MR) is 107 cm³/mol. The van der Waals surface area contributed by atoms with Gasteiger partial charge in [-0.2, -0.15) is 0 Å². The first-order chi connectivity index (χ1) is 13.1. The summed E-state index contributed by atoms with van der Waals surface area (Å²) in [5, 5.41) is 12.2. The van der Waals surface area contributed by atoms with Crippen LogP contribution in [0.25, 0.3) is 0 Å². The van der Waals surface area contributed by atoms with Crippen LogP contribution in [0.15, 0.2) is 58.9 Å². The fraction of sp³-hybridized carbons (Fsp3) is 0.211. The Bertz CT molecular complexity index is 888. The van der Waals surface area contributed by atoms with Gasteiger partial charge >= 0.3 is 0 Å². The van der Waals surface area contributed by atoms with E-state index in [2.05, 4.69) is 15.5 Å². The molecule has 0 aliphatic carbocycles. The van der Waals surface area contributed by atoms with Gasteiger partial charge in [-0.25, -0.2) is 4.39 Å². The maximum absolute atomic E-state index is 13.2. The van der Waals surface area contributed by atoms with Gasteiger partial charge in [0, 0.05) is 20.1 Å². The molecule has 1 amide bonds. The summed E-state index contributed by atoms with van der Waals surface area (Å²) in [6, 6.07) is 16.3. The summed E-state index contributed by atoms with van der Waals surface area (Å²) in [5.41, 5.74) is 1.93. The second-order valence-corrected chi connectivity index (χ2v) is 8.08. The number of aromatic nitrogens is 2. The van der Waals surface area contributed by atoms with Crippen LogP contribution < -0.4 is 5.32 Å². The molecular formula is C19H19FN4OS2. The summed E-state index contributed by atoms with van der Waals surface area (Å²) in [6.45, 7) is 1.05. The highest BCUT2D eigenvalue weighted by molar-refractivity contribution is 8.01. The van der Waals surface area contributed by atoms with E-state index in [0.29, 0.717) is 13.1 Å². The summed E-state index contributed by atoms with van der Waals surface area (Å²) in [6.07, 6.45) is 0. The van der Waals surface area contributed by atoms with Gasteiger partial charge in [0.2, 0.25) is 11.0 Å². The zero-order chi connectivity index (χ0) is 19.1. The van der Waals surface area contributed by atoms with Crippen LogP contribution in [0.4, 0.5) is 9.52 Å². The molecule has 1 heterocycles. The first kappa shape index (κ1) is 19.3. The number of rotatable bonds is 8. The Balaban J connectivity index is 1.45. The number of carbonyl (C=O) groups excluding carboxylic acids is 1. The van der Waals surface area contributed by atoms with Crippen molar-refractivity contribution in [1.82, 2.24) is 15.1 Å². The highest BCUT2D eigenvalue weighted by atomic mass is 32.2. The van der Waals surface area contributed by atoms with Crippen molar-refractivity contribution in [1.29, 1.82) is 0 Å². The molecule has 1 aromatic heterocycles. The van der Waals surface area contributed by atoms with Gasteiger partial charge in [0.15, 0.2) is 4.34 Å². The molecule has 27 heavy (non-hydrogen) atoms. The Morgan fingerprint density at radius 3 is 2.70 bits per heavy atom. The lowest BCUT2D eigenvalue weighted by Gasteiger charge is -2.16. The number of nitrogens with one attached hydrogen (secondary N) is 1. The largest absolute Gasteiger partial charge is 0.356 e. The average molecular weight is 403 g/mol. The van der Waals surface area contributed by atoms with Crippen molar-refractivity contribution in [3.8, 4) is 0 Å². The molecular weight excluding hydrogens is 383 g/mol. The zero-order valence-corrected chi connectivity index (χ0v) is 16.4. The molecule has 0 unspecified atom stereocenters. The number of amides is 1. The number of thioether (sulfide) groups is 1. The van der Waals surface area contributed by atoms with E-state index in [9.17, 15) is 9.18 Å². The summed E-state index contributed by atoms with van der Waals surface area (Å²) in [7, 11) is 1.71. The summed E-state index contributed by atoms with van der Waals surface area (Å²) in [4.78, 5) is 13.9. The minimum Gasteiger partial charge on any atom is -0.356 e. The molecule has 0 spiro atoms.